The van der Waals surface area contributed by atoms with Gasteiger partial charge in [-0.25, -0.2) is 14.2 Å². The van der Waals surface area contributed by atoms with E-state index >= 15 is 0 Å². The predicted octanol–water partition coefficient (Wildman–Crippen LogP) is 3.12. The first-order valence-corrected chi connectivity index (χ1v) is 9.32. The van der Waals surface area contributed by atoms with Crippen LogP contribution in [0.4, 0.5) is 4.39 Å². The zero-order valence-electron chi connectivity index (χ0n) is 15.2. The molecule has 0 radical (unpaired) electrons. The first kappa shape index (κ1) is 18.1. The molecule has 4 rings (SSSR count). The molecule has 0 N–H and O–H groups in total. The summed E-state index contributed by atoms with van der Waals surface area (Å²) in [6.07, 6.45) is 1.76. The molecule has 2 aromatic heterocycles. The van der Waals surface area contributed by atoms with Crippen molar-refractivity contribution < 1.29 is 9.13 Å². The van der Waals surface area contributed by atoms with Gasteiger partial charge in [0.25, 0.3) is 0 Å². The summed E-state index contributed by atoms with van der Waals surface area (Å²) in [4.78, 5) is 16.4. The van der Waals surface area contributed by atoms with Crippen LogP contribution in [0.5, 0.6) is 5.75 Å². The van der Waals surface area contributed by atoms with Crippen LogP contribution in [-0.4, -0.2) is 24.8 Å². The van der Waals surface area contributed by atoms with Gasteiger partial charge in [0.15, 0.2) is 0 Å². The lowest BCUT2D eigenvalue weighted by Gasteiger charge is -2.13. The standard InChI is InChI=1S/C19H16FN5O2S/c1-12-10-13(18-21-8-9-28-18)6-7-17(12)27-11-14-15(20)4-3-5-16(14)25-19(26)24(2)22-23-25/h3-10H,11H2,1-2H3. The maximum absolute atomic E-state index is 14.5. The molecule has 0 saturated carbocycles. The van der Waals surface area contributed by atoms with Gasteiger partial charge in [0.05, 0.1) is 11.3 Å². The largest absolute Gasteiger partial charge is 0.488 e. The number of benzene rings is 2. The average molecular weight is 397 g/mol. The summed E-state index contributed by atoms with van der Waals surface area (Å²) in [6, 6.07) is 10.2. The molecule has 0 amide bonds. The van der Waals surface area contributed by atoms with Crippen molar-refractivity contribution in [2.24, 2.45) is 7.05 Å². The second-order valence-electron chi connectivity index (χ2n) is 6.14. The fourth-order valence-electron chi connectivity index (χ4n) is 2.81. The third-order valence-corrected chi connectivity index (χ3v) is 5.09. The number of rotatable bonds is 5. The number of aromatic nitrogens is 5. The number of nitrogens with zero attached hydrogens (tertiary/aromatic N) is 5. The molecular formula is C19H16FN5O2S. The third kappa shape index (κ3) is 3.31. The molecule has 4 aromatic rings. The Hall–Kier alpha value is -3.33. The highest BCUT2D eigenvalue weighted by Gasteiger charge is 2.16. The van der Waals surface area contributed by atoms with Crippen molar-refractivity contribution in [3.63, 3.8) is 0 Å². The molecule has 0 bridgehead atoms. The number of thiazole rings is 1. The van der Waals surface area contributed by atoms with E-state index in [1.807, 2.05) is 30.5 Å². The van der Waals surface area contributed by atoms with Crippen LogP contribution in [0.2, 0.25) is 0 Å². The summed E-state index contributed by atoms with van der Waals surface area (Å²) in [5.74, 6) is 0.146. The van der Waals surface area contributed by atoms with Gasteiger partial charge in [0.2, 0.25) is 0 Å². The van der Waals surface area contributed by atoms with E-state index in [4.69, 9.17) is 4.74 Å². The number of ether oxygens (including phenoxy) is 1. The van der Waals surface area contributed by atoms with Crippen LogP contribution in [0, 0.1) is 12.7 Å². The number of halogens is 1. The Morgan fingerprint density at radius 3 is 2.75 bits per heavy atom. The lowest BCUT2D eigenvalue weighted by molar-refractivity contribution is 0.297. The van der Waals surface area contributed by atoms with E-state index in [-0.39, 0.29) is 12.2 Å². The fourth-order valence-corrected chi connectivity index (χ4v) is 3.45. The van der Waals surface area contributed by atoms with Crippen molar-refractivity contribution in [3.05, 3.63) is 75.4 Å². The van der Waals surface area contributed by atoms with E-state index in [1.54, 1.807) is 23.6 Å². The summed E-state index contributed by atoms with van der Waals surface area (Å²) in [7, 11) is 1.48. The normalized spacial score (nSPS) is 11.0. The van der Waals surface area contributed by atoms with Gasteiger partial charge in [-0.05, 0) is 53.2 Å². The van der Waals surface area contributed by atoms with E-state index in [1.165, 1.54) is 19.2 Å². The second kappa shape index (κ2) is 7.35. The molecule has 7 nitrogen and oxygen atoms in total. The molecule has 142 valence electrons. The van der Waals surface area contributed by atoms with Crippen LogP contribution < -0.4 is 10.4 Å². The van der Waals surface area contributed by atoms with Crippen molar-refractivity contribution >= 4 is 11.3 Å². The number of hydrogen-bond donors (Lipinski definition) is 0. The van der Waals surface area contributed by atoms with Gasteiger partial charge < -0.3 is 4.74 Å². The van der Waals surface area contributed by atoms with Crippen LogP contribution in [0.15, 0.2) is 52.8 Å². The van der Waals surface area contributed by atoms with E-state index in [0.29, 0.717) is 11.4 Å². The number of tetrazole rings is 1. The lowest BCUT2D eigenvalue weighted by atomic mass is 10.1. The Morgan fingerprint density at radius 1 is 1.21 bits per heavy atom. The SMILES string of the molecule is Cc1cc(-c2nccs2)ccc1OCc1c(F)cccc1-n1nnn(C)c1=O. The smallest absolute Gasteiger partial charge is 0.368 e. The highest BCUT2D eigenvalue weighted by Crippen LogP contribution is 2.28. The zero-order chi connectivity index (χ0) is 19.7. The minimum Gasteiger partial charge on any atom is -0.488 e. The molecule has 28 heavy (non-hydrogen) atoms. The van der Waals surface area contributed by atoms with Crippen molar-refractivity contribution in [2.75, 3.05) is 0 Å². The van der Waals surface area contributed by atoms with Gasteiger partial charge in [0, 0.05) is 24.2 Å². The summed E-state index contributed by atoms with van der Waals surface area (Å²) in [5.41, 5.74) is 1.97. The van der Waals surface area contributed by atoms with Gasteiger partial charge in [-0.3, -0.25) is 0 Å². The summed E-state index contributed by atoms with van der Waals surface area (Å²) < 4.78 is 22.5. The second-order valence-corrected chi connectivity index (χ2v) is 7.04. The Kier molecular flexibility index (Phi) is 4.74. The van der Waals surface area contributed by atoms with Crippen LogP contribution >= 0.6 is 11.3 Å². The maximum Gasteiger partial charge on any atom is 0.368 e. The Bertz CT molecular complexity index is 1180. The molecule has 0 aliphatic heterocycles. The van der Waals surface area contributed by atoms with Crippen molar-refractivity contribution in [3.8, 4) is 22.0 Å². The molecular weight excluding hydrogens is 381 g/mol. The van der Waals surface area contributed by atoms with E-state index in [9.17, 15) is 9.18 Å². The van der Waals surface area contributed by atoms with Crippen LogP contribution in [-0.2, 0) is 13.7 Å². The molecule has 2 heterocycles. The number of aryl methyl sites for hydroxylation is 2. The van der Waals surface area contributed by atoms with Crippen LogP contribution in [0.3, 0.4) is 0 Å². The predicted molar refractivity (Wildman–Crippen MR) is 103 cm³/mol. The van der Waals surface area contributed by atoms with Gasteiger partial charge in [0.1, 0.15) is 23.2 Å². The lowest BCUT2D eigenvalue weighted by Crippen LogP contribution is -2.23. The number of hydrogen-bond acceptors (Lipinski definition) is 6. The van der Waals surface area contributed by atoms with Gasteiger partial charge in [-0.15, -0.1) is 11.3 Å². The van der Waals surface area contributed by atoms with Crippen molar-refractivity contribution in [2.45, 2.75) is 13.5 Å². The molecule has 2 aromatic carbocycles. The van der Waals surface area contributed by atoms with Gasteiger partial charge in [-0.1, -0.05) is 6.07 Å². The monoisotopic (exact) mass is 397 g/mol. The molecule has 0 unspecified atom stereocenters. The minimum absolute atomic E-state index is 0.0531. The first-order valence-electron chi connectivity index (χ1n) is 8.44. The summed E-state index contributed by atoms with van der Waals surface area (Å²) >= 11 is 1.56. The molecule has 0 fully saturated rings. The molecule has 0 atom stereocenters. The quantitative estimate of drug-likeness (QED) is 0.517. The van der Waals surface area contributed by atoms with Crippen LogP contribution in [0.1, 0.15) is 11.1 Å². The zero-order valence-corrected chi connectivity index (χ0v) is 16.0. The molecule has 9 heteroatoms. The molecule has 0 aliphatic carbocycles. The van der Waals surface area contributed by atoms with Crippen molar-refractivity contribution in [1.82, 2.24) is 24.8 Å². The van der Waals surface area contributed by atoms with E-state index in [0.717, 1.165) is 25.5 Å². The van der Waals surface area contributed by atoms with E-state index in [2.05, 4.69) is 15.4 Å². The summed E-state index contributed by atoms with van der Waals surface area (Å²) in [6.45, 7) is 1.87. The highest BCUT2D eigenvalue weighted by atomic mass is 32.1. The Morgan fingerprint density at radius 2 is 2.07 bits per heavy atom. The molecule has 0 aliphatic rings. The maximum atomic E-state index is 14.5. The highest BCUT2D eigenvalue weighted by molar-refractivity contribution is 7.13. The third-order valence-electron chi connectivity index (χ3n) is 4.27. The topological polar surface area (TPSA) is 74.8 Å². The first-order chi connectivity index (χ1) is 13.5. The van der Waals surface area contributed by atoms with Crippen molar-refractivity contribution in [1.29, 1.82) is 0 Å². The van der Waals surface area contributed by atoms with E-state index < -0.39 is 11.5 Å². The molecule has 0 saturated heterocycles. The Balaban J connectivity index is 1.62. The van der Waals surface area contributed by atoms with Gasteiger partial charge in [-0.2, -0.15) is 9.36 Å². The molecule has 0 spiro atoms. The Labute approximate surface area is 163 Å². The fraction of sp³-hybridized carbons (Fsp3) is 0.158. The van der Waals surface area contributed by atoms with Gasteiger partial charge >= 0.3 is 5.69 Å². The van der Waals surface area contributed by atoms with Crippen LogP contribution in [0.25, 0.3) is 16.3 Å². The summed E-state index contributed by atoms with van der Waals surface area (Å²) in [5, 5.41) is 10.3. The minimum atomic E-state index is -0.480. The average Bonchev–Trinajstić information content (AvgIpc) is 3.33.